The second-order valence-electron chi connectivity index (χ2n) is 4.75. The second-order valence-corrected chi connectivity index (χ2v) is 5.15. The predicted molar refractivity (Wildman–Crippen MR) is 75.7 cm³/mol. The van der Waals surface area contributed by atoms with Gasteiger partial charge < -0.3 is 14.8 Å². The molecule has 1 aromatic heterocycles. The van der Waals surface area contributed by atoms with Gasteiger partial charge in [-0.15, -0.1) is 0 Å². The maximum atomic E-state index is 6.14. The van der Waals surface area contributed by atoms with Crippen molar-refractivity contribution in [3.05, 3.63) is 22.8 Å². The zero-order chi connectivity index (χ0) is 13.5. The molecule has 1 aromatic rings. The van der Waals surface area contributed by atoms with Crippen LogP contribution in [0.5, 0.6) is 5.88 Å². The Labute approximate surface area is 119 Å². The Bertz CT molecular complexity index is 397. The van der Waals surface area contributed by atoms with Crippen molar-refractivity contribution in [2.75, 3.05) is 19.8 Å². The molecular formula is C14H21ClN2O2. The van der Waals surface area contributed by atoms with E-state index in [1.807, 2.05) is 12.3 Å². The number of hydrogen-bond acceptors (Lipinski definition) is 4. The lowest BCUT2D eigenvalue weighted by atomic mass is 10.3. The number of aromatic nitrogens is 1. The third kappa shape index (κ3) is 5.35. The maximum absolute atomic E-state index is 6.14. The van der Waals surface area contributed by atoms with E-state index in [0.29, 0.717) is 30.2 Å². The largest absolute Gasteiger partial charge is 0.474 e. The van der Waals surface area contributed by atoms with Gasteiger partial charge in [-0.05, 0) is 30.9 Å². The van der Waals surface area contributed by atoms with E-state index in [1.54, 1.807) is 0 Å². The van der Waals surface area contributed by atoms with E-state index in [-0.39, 0.29) is 0 Å². The summed E-state index contributed by atoms with van der Waals surface area (Å²) in [6, 6.07) is 2.59. The van der Waals surface area contributed by atoms with Gasteiger partial charge in [0.05, 0.1) is 6.61 Å². The highest BCUT2D eigenvalue weighted by Crippen LogP contribution is 2.23. The molecule has 0 amide bonds. The molecule has 0 bridgehead atoms. The van der Waals surface area contributed by atoms with Crippen molar-refractivity contribution < 1.29 is 9.47 Å². The zero-order valence-electron chi connectivity index (χ0n) is 11.3. The lowest BCUT2D eigenvalue weighted by Gasteiger charge is -2.09. The summed E-state index contributed by atoms with van der Waals surface area (Å²) in [6.07, 6.45) is 5.38. The molecule has 0 radical (unpaired) electrons. The molecule has 0 aromatic carbocycles. The van der Waals surface area contributed by atoms with Crippen molar-refractivity contribution in [2.45, 2.75) is 38.8 Å². The van der Waals surface area contributed by atoms with Gasteiger partial charge in [0.25, 0.3) is 0 Å². The fraction of sp³-hybridized carbons (Fsp3) is 0.643. The van der Waals surface area contributed by atoms with Gasteiger partial charge >= 0.3 is 0 Å². The van der Waals surface area contributed by atoms with Gasteiger partial charge in [0.15, 0.2) is 0 Å². The molecule has 1 heterocycles. The normalized spacial score (nSPS) is 14.6. The summed E-state index contributed by atoms with van der Waals surface area (Å²) >= 11 is 6.14. The average Bonchev–Trinajstić information content (AvgIpc) is 3.22. The first-order valence-corrected chi connectivity index (χ1v) is 7.25. The lowest BCUT2D eigenvalue weighted by molar-refractivity contribution is 0.0990. The summed E-state index contributed by atoms with van der Waals surface area (Å²) in [5.74, 6) is 0.483. The van der Waals surface area contributed by atoms with Crippen LogP contribution in [0.2, 0.25) is 5.02 Å². The van der Waals surface area contributed by atoms with Gasteiger partial charge in [0.2, 0.25) is 5.88 Å². The smallest absolute Gasteiger partial charge is 0.232 e. The molecule has 106 valence electrons. The maximum Gasteiger partial charge on any atom is 0.232 e. The van der Waals surface area contributed by atoms with Crippen molar-refractivity contribution in [3.8, 4) is 5.88 Å². The van der Waals surface area contributed by atoms with Crippen LogP contribution in [0, 0.1) is 0 Å². The summed E-state index contributed by atoms with van der Waals surface area (Å²) in [4.78, 5) is 4.24. The average molecular weight is 285 g/mol. The molecule has 4 nitrogen and oxygen atoms in total. The fourth-order valence-electron chi connectivity index (χ4n) is 1.66. The molecule has 0 saturated heterocycles. The Morgan fingerprint density at radius 3 is 2.89 bits per heavy atom. The van der Waals surface area contributed by atoms with E-state index in [4.69, 9.17) is 21.1 Å². The molecule has 1 aliphatic rings. The van der Waals surface area contributed by atoms with E-state index >= 15 is 0 Å². The van der Waals surface area contributed by atoms with Gasteiger partial charge in [-0.1, -0.05) is 18.5 Å². The molecule has 2 rings (SSSR count). The van der Waals surface area contributed by atoms with Crippen LogP contribution in [0.4, 0.5) is 0 Å². The van der Waals surface area contributed by atoms with Crippen LogP contribution in [-0.2, 0) is 11.3 Å². The summed E-state index contributed by atoms with van der Waals surface area (Å²) in [6.45, 7) is 4.70. The number of nitrogens with one attached hydrogen (secondary N) is 1. The van der Waals surface area contributed by atoms with Crippen LogP contribution in [0.3, 0.4) is 0 Å². The Hall–Kier alpha value is -0.840. The Kier molecular flexibility index (Phi) is 5.89. The minimum atomic E-state index is 0.479. The highest BCUT2D eigenvalue weighted by Gasteiger charge is 2.20. The highest BCUT2D eigenvalue weighted by molar-refractivity contribution is 6.31. The zero-order valence-corrected chi connectivity index (χ0v) is 12.1. The van der Waals surface area contributed by atoms with Crippen molar-refractivity contribution >= 4 is 11.6 Å². The number of halogens is 1. The van der Waals surface area contributed by atoms with E-state index in [0.717, 1.165) is 25.1 Å². The Balaban J connectivity index is 1.73. The van der Waals surface area contributed by atoms with Crippen LogP contribution in [-0.4, -0.2) is 30.8 Å². The van der Waals surface area contributed by atoms with Crippen molar-refractivity contribution in [2.24, 2.45) is 0 Å². The monoisotopic (exact) mass is 284 g/mol. The summed E-state index contributed by atoms with van der Waals surface area (Å²) in [5.41, 5.74) is 1.09. The summed E-state index contributed by atoms with van der Waals surface area (Å²) < 4.78 is 10.8. The van der Waals surface area contributed by atoms with E-state index in [2.05, 4.69) is 17.2 Å². The van der Waals surface area contributed by atoms with Gasteiger partial charge in [-0.3, -0.25) is 0 Å². The van der Waals surface area contributed by atoms with Gasteiger partial charge in [-0.25, -0.2) is 4.98 Å². The fourth-order valence-corrected chi connectivity index (χ4v) is 1.90. The van der Waals surface area contributed by atoms with Crippen LogP contribution in [0.1, 0.15) is 31.7 Å². The molecule has 0 atom stereocenters. The number of pyridine rings is 1. The molecule has 19 heavy (non-hydrogen) atoms. The van der Waals surface area contributed by atoms with Gasteiger partial charge in [-0.2, -0.15) is 0 Å². The first-order chi connectivity index (χ1) is 9.29. The van der Waals surface area contributed by atoms with Gasteiger partial charge in [0.1, 0.15) is 11.6 Å². The Morgan fingerprint density at radius 2 is 2.21 bits per heavy atom. The first-order valence-electron chi connectivity index (χ1n) is 6.88. The van der Waals surface area contributed by atoms with E-state index < -0.39 is 0 Å². The Morgan fingerprint density at radius 1 is 1.37 bits per heavy atom. The van der Waals surface area contributed by atoms with Crippen molar-refractivity contribution in [1.29, 1.82) is 0 Å². The molecule has 1 aliphatic carbocycles. The molecule has 1 N–H and O–H groups in total. The topological polar surface area (TPSA) is 43.4 Å². The minimum absolute atomic E-state index is 0.479. The SMILES string of the molecule is CCCOCCOc1ncc(CNC2CC2)cc1Cl. The number of hydrogen-bond donors (Lipinski definition) is 1. The third-order valence-corrected chi connectivity index (χ3v) is 3.12. The number of nitrogens with zero attached hydrogens (tertiary/aromatic N) is 1. The first kappa shape index (κ1) is 14.6. The molecule has 0 unspecified atom stereocenters. The molecule has 1 fully saturated rings. The van der Waals surface area contributed by atoms with Crippen LogP contribution >= 0.6 is 11.6 Å². The molecule has 1 saturated carbocycles. The third-order valence-electron chi connectivity index (χ3n) is 2.85. The molecule has 5 heteroatoms. The quantitative estimate of drug-likeness (QED) is 0.708. The highest BCUT2D eigenvalue weighted by atomic mass is 35.5. The van der Waals surface area contributed by atoms with E-state index in [1.165, 1.54) is 12.8 Å². The van der Waals surface area contributed by atoms with Crippen LogP contribution < -0.4 is 10.1 Å². The van der Waals surface area contributed by atoms with E-state index in [9.17, 15) is 0 Å². The standard InChI is InChI=1S/C14H21ClN2O2/c1-2-5-18-6-7-19-14-13(15)8-11(10-17-14)9-16-12-3-4-12/h8,10,12,16H,2-7,9H2,1H3. The molecular weight excluding hydrogens is 264 g/mol. The van der Waals surface area contributed by atoms with Crippen LogP contribution in [0.15, 0.2) is 12.3 Å². The van der Waals surface area contributed by atoms with Crippen LogP contribution in [0.25, 0.3) is 0 Å². The number of rotatable bonds is 9. The summed E-state index contributed by atoms with van der Waals surface area (Å²) in [7, 11) is 0. The van der Waals surface area contributed by atoms with Gasteiger partial charge in [0, 0.05) is 25.4 Å². The molecule has 0 spiro atoms. The second kappa shape index (κ2) is 7.68. The summed E-state index contributed by atoms with van der Waals surface area (Å²) in [5, 5.41) is 3.99. The molecule has 0 aliphatic heterocycles. The van der Waals surface area contributed by atoms with Crippen molar-refractivity contribution in [1.82, 2.24) is 10.3 Å². The lowest BCUT2D eigenvalue weighted by Crippen LogP contribution is -2.15. The minimum Gasteiger partial charge on any atom is -0.474 e. The van der Waals surface area contributed by atoms with Crippen molar-refractivity contribution in [3.63, 3.8) is 0 Å². The number of ether oxygens (including phenoxy) is 2. The predicted octanol–water partition coefficient (Wildman–Crippen LogP) is 2.79.